The van der Waals surface area contributed by atoms with Gasteiger partial charge in [0.1, 0.15) is 22.9 Å². The summed E-state index contributed by atoms with van der Waals surface area (Å²) < 4.78 is 28.4. The quantitative estimate of drug-likeness (QED) is 0.218. The molecule has 0 bridgehead atoms. The first kappa shape index (κ1) is 34.9. The number of fused-ring (bicyclic) bond motifs is 2. The molecule has 0 aliphatic carbocycles. The molecular formula is C34H47Cl2FN2O4Si. The second kappa shape index (κ2) is 12.0. The Kier molecular flexibility index (Phi) is 9.51. The number of esters is 1. The van der Waals surface area contributed by atoms with Gasteiger partial charge in [-0.2, -0.15) is 0 Å². The number of carbonyl (C=O) groups excluding carboxylic acids is 2. The van der Waals surface area contributed by atoms with Crippen LogP contribution in [0.1, 0.15) is 85.3 Å². The Balaban J connectivity index is 1.84. The van der Waals surface area contributed by atoms with E-state index in [2.05, 4.69) is 58.3 Å². The number of benzene rings is 2. The normalized spacial score (nSPS) is 24.0. The van der Waals surface area contributed by atoms with Gasteiger partial charge in [0.05, 0.1) is 5.02 Å². The molecule has 1 saturated heterocycles. The highest BCUT2D eigenvalue weighted by Gasteiger charge is 2.67. The van der Waals surface area contributed by atoms with Crippen LogP contribution in [0.15, 0.2) is 36.4 Å². The van der Waals surface area contributed by atoms with E-state index in [1.165, 1.54) is 6.07 Å². The van der Waals surface area contributed by atoms with Gasteiger partial charge in [0.25, 0.3) is 0 Å². The third-order valence-electron chi connectivity index (χ3n) is 9.59. The van der Waals surface area contributed by atoms with Crippen molar-refractivity contribution >= 4 is 49.1 Å². The lowest BCUT2D eigenvalue weighted by Crippen LogP contribution is -2.50. The Hall–Kier alpha value is -1.97. The molecule has 1 fully saturated rings. The van der Waals surface area contributed by atoms with E-state index in [1.54, 1.807) is 45.0 Å². The van der Waals surface area contributed by atoms with Gasteiger partial charge in [0, 0.05) is 29.3 Å². The number of carbonyl (C=O) groups is 2. The zero-order valence-corrected chi connectivity index (χ0v) is 30.1. The van der Waals surface area contributed by atoms with Crippen molar-refractivity contribution in [1.82, 2.24) is 5.32 Å². The van der Waals surface area contributed by atoms with Crippen molar-refractivity contribution < 1.29 is 23.1 Å². The topological polar surface area (TPSA) is 76.7 Å². The number of hydrogen-bond donors (Lipinski definition) is 2. The minimum absolute atomic E-state index is 0.0794. The number of ether oxygens (including phenoxy) is 1. The van der Waals surface area contributed by atoms with Crippen LogP contribution < -0.4 is 10.6 Å². The molecule has 0 unspecified atom stereocenters. The van der Waals surface area contributed by atoms with Crippen molar-refractivity contribution in [2.24, 2.45) is 5.41 Å². The van der Waals surface area contributed by atoms with Crippen molar-refractivity contribution in [3.63, 3.8) is 0 Å². The Labute approximate surface area is 272 Å². The summed E-state index contributed by atoms with van der Waals surface area (Å²) in [6.07, 6.45) is 1.23. The van der Waals surface area contributed by atoms with E-state index in [9.17, 15) is 9.59 Å². The van der Waals surface area contributed by atoms with Gasteiger partial charge in [-0.15, -0.1) is 0 Å². The number of rotatable bonds is 8. The molecule has 0 saturated carbocycles. The lowest BCUT2D eigenvalue weighted by Gasteiger charge is -2.40. The first-order valence-corrected chi connectivity index (χ1v) is 19.0. The molecular weight excluding hydrogens is 618 g/mol. The van der Waals surface area contributed by atoms with Crippen molar-refractivity contribution in [2.75, 3.05) is 11.9 Å². The molecule has 10 heteroatoms. The number of anilines is 1. The Bertz CT molecular complexity index is 1440. The predicted molar refractivity (Wildman–Crippen MR) is 179 cm³/mol. The predicted octanol–water partition coefficient (Wildman–Crippen LogP) is 8.62. The Morgan fingerprint density at radius 2 is 1.70 bits per heavy atom. The van der Waals surface area contributed by atoms with Gasteiger partial charge in [0.15, 0.2) is 8.32 Å². The average Bonchev–Trinajstić information content (AvgIpc) is 3.33. The smallest absolute Gasteiger partial charge is 0.324 e. The standard InChI is InChI=1S/C34H47Cl2FN2O4Si/c1-31(2,3)43-29(40)28-26(21-12-11-13-23(36)27(21)37)34(22-15-14-20(35)18-24(22)38-30(34)41)25(39-28)19-33(7,8)16-17-42-44(9,10)32(4,5)6/h11-15,18,25-26,28,39H,16-17,19H2,1-10H3,(H,38,41)/t25-,26-,28+,34+/m0/s1. The van der Waals surface area contributed by atoms with Crippen LogP contribution in [0.4, 0.5) is 10.1 Å². The summed E-state index contributed by atoms with van der Waals surface area (Å²) in [6.45, 7) is 21.3. The lowest BCUT2D eigenvalue weighted by atomic mass is 9.62. The third kappa shape index (κ3) is 6.61. The second-order valence-corrected chi connectivity index (χ2v) is 21.2. The molecule has 2 aromatic rings. The second-order valence-electron chi connectivity index (χ2n) is 15.6. The molecule has 0 aromatic heterocycles. The Morgan fingerprint density at radius 3 is 2.32 bits per heavy atom. The van der Waals surface area contributed by atoms with Crippen LogP contribution in [0, 0.1) is 11.2 Å². The highest BCUT2D eigenvalue weighted by Crippen LogP contribution is 2.57. The van der Waals surface area contributed by atoms with Gasteiger partial charge in [-0.05, 0) is 86.5 Å². The molecule has 2 N–H and O–H groups in total. The van der Waals surface area contributed by atoms with Gasteiger partial charge in [0.2, 0.25) is 5.91 Å². The molecule has 44 heavy (non-hydrogen) atoms. The molecule has 2 heterocycles. The molecule has 1 spiro atoms. The van der Waals surface area contributed by atoms with Gasteiger partial charge < -0.3 is 14.5 Å². The minimum Gasteiger partial charge on any atom is -0.459 e. The fourth-order valence-corrected chi connectivity index (χ4v) is 7.74. The lowest BCUT2D eigenvalue weighted by molar-refractivity contribution is -0.157. The average molecular weight is 666 g/mol. The maximum absolute atomic E-state index is 16.0. The number of hydrogen-bond acceptors (Lipinski definition) is 5. The van der Waals surface area contributed by atoms with Crippen LogP contribution in [0.5, 0.6) is 0 Å². The summed E-state index contributed by atoms with van der Waals surface area (Å²) in [4.78, 5) is 28.4. The summed E-state index contributed by atoms with van der Waals surface area (Å²) in [7, 11) is -1.97. The largest absolute Gasteiger partial charge is 0.459 e. The molecule has 6 nitrogen and oxygen atoms in total. The van der Waals surface area contributed by atoms with Crippen LogP contribution >= 0.6 is 23.2 Å². The monoisotopic (exact) mass is 664 g/mol. The maximum Gasteiger partial charge on any atom is 0.324 e. The minimum atomic E-state index is -1.97. The Morgan fingerprint density at radius 1 is 1.05 bits per heavy atom. The fraction of sp³-hybridized carbons (Fsp3) is 0.588. The molecule has 2 aliphatic rings. The van der Waals surface area contributed by atoms with E-state index in [0.29, 0.717) is 29.3 Å². The summed E-state index contributed by atoms with van der Waals surface area (Å²) in [6, 6.07) is 8.36. The first-order valence-electron chi connectivity index (χ1n) is 15.3. The summed E-state index contributed by atoms with van der Waals surface area (Å²) in [5.41, 5.74) is -1.09. The van der Waals surface area contributed by atoms with Crippen molar-refractivity contribution in [3.8, 4) is 0 Å². The van der Waals surface area contributed by atoms with Crippen molar-refractivity contribution in [3.05, 3.63) is 63.4 Å². The van der Waals surface area contributed by atoms with Gasteiger partial charge in [-0.25, -0.2) is 4.39 Å². The molecule has 242 valence electrons. The zero-order valence-electron chi connectivity index (χ0n) is 27.6. The third-order valence-corrected chi connectivity index (χ3v) is 14.7. The number of nitrogens with one attached hydrogen (secondary N) is 2. The van der Waals surface area contributed by atoms with E-state index in [4.69, 9.17) is 32.4 Å². The first-order chi connectivity index (χ1) is 20.1. The van der Waals surface area contributed by atoms with E-state index in [0.717, 1.165) is 6.42 Å². The molecule has 1 amide bonds. The highest BCUT2D eigenvalue weighted by atomic mass is 35.5. The zero-order chi connectivity index (χ0) is 33.0. The van der Waals surface area contributed by atoms with Crippen LogP contribution in [0.3, 0.4) is 0 Å². The van der Waals surface area contributed by atoms with E-state index >= 15 is 4.39 Å². The summed E-state index contributed by atoms with van der Waals surface area (Å²) >= 11 is 12.7. The maximum atomic E-state index is 16.0. The summed E-state index contributed by atoms with van der Waals surface area (Å²) in [5.74, 6) is -2.50. The number of halogens is 3. The van der Waals surface area contributed by atoms with Crippen LogP contribution in [-0.4, -0.2) is 44.5 Å². The van der Waals surface area contributed by atoms with Gasteiger partial charge in [-0.3, -0.25) is 14.9 Å². The van der Waals surface area contributed by atoms with Crippen LogP contribution in [0.2, 0.25) is 28.2 Å². The molecule has 0 radical (unpaired) electrons. The highest BCUT2D eigenvalue weighted by molar-refractivity contribution is 6.74. The van der Waals surface area contributed by atoms with E-state index < -0.39 is 49.1 Å². The summed E-state index contributed by atoms with van der Waals surface area (Å²) in [5, 5.41) is 6.98. The molecule has 2 aromatic carbocycles. The van der Waals surface area contributed by atoms with Gasteiger partial charge in [-0.1, -0.05) is 76.0 Å². The van der Waals surface area contributed by atoms with E-state index in [-0.39, 0.29) is 26.9 Å². The SMILES string of the molecule is CC(C)(CCO[Si](C)(C)C(C)(C)C)C[C@@H]1N[C@@H](C(=O)OC(C)(C)C)[C@H](c2cccc(Cl)c2F)[C@]12C(=O)Nc1cc(Cl)ccc12. The van der Waals surface area contributed by atoms with Crippen LogP contribution in [0.25, 0.3) is 0 Å². The van der Waals surface area contributed by atoms with Gasteiger partial charge >= 0.3 is 5.97 Å². The van der Waals surface area contributed by atoms with E-state index in [1.807, 2.05) is 6.07 Å². The molecule has 4 rings (SSSR count). The molecule has 2 aliphatic heterocycles. The fourth-order valence-electron chi connectivity index (χ4n) is 6.34. The van der Waals surface area contributed by atoms with Crippen molar-refractivity contribution in [1.29, 1.82) is 0 Å². The van der Waals surface area contributed by atoms with Crippen molar-refractivity contribution in [2.45, 2.75) is 115 Å². The molecule has 4 atom stereocenters. The number of amides is 1. The van der Waals surface area contributed by atoms with Crippen LogP contribution in [-0.2, 0) is 24.2 Å².